The normalized spacial score (nSPS) is 13.1. The quantitative estimate of drug-likeness (QED) is 0.505. The third kappa shape index (κ3) is 11.1. The van der Waals surface area contributed by atoms with E-state index in [1.807, 2.05) is 52.0 Å². The van der Waals surface area contributed by atoms with E-state index in [0.717, 1.165) is 16.7 Å². The fourth-order valence-corrected chi connectivity index (χ4v) is 1.46. The molecule has 0 radical (unpaired) electrons. The lowest BCUT2D eigenvalue weighted by Crippen LogP contribution is -1.93. The van der Waals surface area contributed by atoms with E-state index in [4.69, 9.17) is 0 Å². The highest BCUT2D eigenvalue weighted by Crippen LogP contribution is 2.05. The Morgan fingerprint density at radius 3 is 2.00 bits per heavy atom. The van der Waals surface area contributed by atoms with Crippen molar-refractivity contribution < 1.29 is 9.59 Å². The van der Waals surface area contributed by atoms with Gasteiger partial charge in [0, 0.05) is 6.42 Å². The van der Waals surface area contributed by atoms with Crippen LogP contribution in [0, 0.1) is 0 Å². The Balaban J connectivity index is 4.47. The average molecular weight is 272 g/mol. The minimum Gasteiger partial charge on any atom is -0.295 e. The molecule has 0 N–H and O–H groups in total. The summed E-state index contributed by atoms with van der Waals surface area (Å²) in [7, 11) is 0. The number of ketones is 2. The zero-order chi connectivity index (χ0) is 15.5. The van der Waals surface area contributed by atoms with E-state index >= 15 is 0 Å². The van der Waals surface area contributed by atoms with Crippen molar-refractivity contribution >= 4 is 11.6 Å². The summed E-state index contributed by atoms with van der Waals surface area (Å²) in [5, 5.41) is 0. The van der Waals surface area contributed by atoms with E-state index in [-0.39, 0.29) is 11.6 Å². The molecule has 0 saturated heterocycles. The summed E-state index contributed by atoms with van der Waals surface area (Å²) < 4.78 is 0. The first-order chi connectivity index (χ1) is 9.31. The average Bonchev–Trinajstić information content (AvgIpc) is 2.26. The van der Waals surface area contributed by atoms with Crippen LogP contribution in [0.2, 0.25) is 0 Å². The van der Waals surface area contributed by atoms with Crippen molar-refractivity contribution in [2.45, 2.75) is 41.0 Å². The molecule has 0 fully saturated rings. The first kappa shape index (κ1) is 18.0. The Morgan fingerprint density at radius 1 is 0.850 bits per heavy atom. The van der Waals surface area contributed by atoms with Gasteiger partial charge in [-0.1, -0.05) is 47.1 Å². The fraction of sp³-hybridized carbons (Fsp3) is 0.333. The molecule has 0 aromatic rings. The van der Waals surface area contributed by atoms with E-state index < -0.39 is 0 Å². The Labute approximate surface area is 122 Å². The molecule has 0 aliphatic carbocycles. The van der Waals surface area contributed by atoms with Crippen molar-refractivity contribution in [3.05, 3.63) is 59.3 Å². The molecule has 0 aliphatic heterocycles. The molecule has 0 aliphatic rings. The Kier molecular flexibility index (Phi) is 8.93. The fourth-order valence-electron chi connectivity index (χ4n) is 1.46. The van der Waals surface area contributed by atoms with Gasteiger partial charge in [0.2, 0.25) is 0 Å². The summed E-state index contributed by atoms with van der Waals surface area (Å²) >= 11 is 0. The van der Waals surface area contributed by atoms with E-state index in [1.165, 1.54) is 13.0 Å². The second-order valence-electron chi connectivity index (χ2n) is 5.12. The summed E-state index contributed by atoms with van der Waals surface area (Å²) in [5.74, 6) is 0.162. The smallest absolute Gasteiger partial charge is 0.159 e. The minimum absolute atomic E-state index is 0.0338. The number of hydrogen-bond donors (Lipinski definition) is 0. The molecule has 0 aromatic heterocycles. The standard InChI is InChI=1S/C18H24O2/c1-14(2)12-18(20)13-16(4)10-6-8-15(3)9-7-11-17(5)19/h6-12H,13H2,1-5H3. The van der Waals surface area contributed by atoms with Crippen molar-refractivity contribution in [2.75, 3.05) is 0 Å². The lowest BCUT2D eigenvalue weighted by Gasteiger charge is -1.96. The van der Waals surface area contributed by atoms with Crippen LogP contribution in [0.15, 0.2) is 59.3 Å². The van der Waals surface area contributed by atoms with Gasteiger partial charge >= 0.3 is 0 Å². The van der Waals surface area contributed by atoms with E-state index in [0.29, 0.717) is 6.42 Å². The van der Waals surface area contributed by atoms with Gasteiger partial charge < -0.3 is 0 Å². The number of rotatable bonds is 7. The van der Waals surface area contributed by atoms with Gasteiger partial charge in [0.1, 0.15) is 0 Å². The van der Waals surface area contributed by atoms with Crippen LogP contribution < -0.4 is 0 Å². The Hall–Kier alpha value is -1.96. The van der Waals surface area contributed by atoms with E-state index in [9.17, 15) is 9.59 Å². The van der Waals surface area contributed by atoms with Gasteiger partial charge in [-0.05, 0) is 46.8 Å². The SMILES string of the molecule is CC(=O)C=CC=C(C)C=CC=C(C)CC(=O)C=C(C)C. The molecule has 0 heterocycles. The summed E-state index contributed by atoms with van der Waals surface area (Å²) in [6, 6.07) is 0. The number of hydrogen-bond acceptors (Lipinski definition) is 2. The van der Waals surface area contributed by atoms with Crippen molar-refractivity contribution in [1.82, 2.24) is 0 Å². The van der Waals surface area contributed by atoms with Gasteiger partial charge in [-0.15, -0.1) is 0 Å². The van der Waals surface area contributed by atoms with Crippen LogP contribution in [-0.4, -0.2) is 11.6 Å². The third-order valence-electron chi connectivity index (χ3n) is 2.33. The van der Waals surface area contributed by atoms with Gasteiger partial charge in [0.25, 0.3) is 0 Å². The van der Waals surface area contributed by atoms with Crippen LogP contribution in [0.25, 0.3) is 0 Å². The van der Waals surface area contributed by atoms with Gasteiger partial charge in [-0.3, -0.25) is 9.59 Å². The molecule has 0 spiro atoms. The highest BCUT2D eigenvalue weighted by molar-refractivity contribution is 5.91. The second kappa shape index (κ2) is 9.90. The second-order valence-corrected chi connectivity index (χ2v) is 5.12. The predicted octanol–water partition coefficient (Wildman–Crippen LogP) is 4.51. The topological polar surface area (TPSA) is 34.1 Å². The maximum atomic E-state index is 11.6. The van der Waals surface area contributed by atoms with Crippen molar-refractivity contribution in [2.24, 2.45) is 0 Å². The number of carbonyl (C=O) groups is 2. The van der Waals surface area contributed by atoms with Gasteiger partial charge in [-0.25, -0.2) is 0 Å². The van der Waals surface area contributed by atoms with Crippen molar-refractivity contribution in [3.8, 4) is 0 Å². The van der Waals surface area contributed by atoms with Crippen molar-refractivity contribution in [1.29, 1.82) is 0 Å². The van der Waals surface area contributed by atoms with Crippen LogP contribution in [0.3, 0.4) is 0 Å². The lowest BCUT2D eigenvalue weighted by atomic mass is 10.1. The molecule has 0 aromatic carbocycles. The number of allylic oxidation sites excluding steroid dienone is 10. The summed E-state index contributed by atoms with van der Waals surface area (Å²) in [5.41, 5.74) is 3.09. The molecule has 0 saturated carbocycles. The Bertz CT molecular complexity index is 494. The molecular formula is C18H24O2. The first-order valence-electron chi connectivity index (χ1n) is 6.68. The van der Waals surface area contributed by atoms with Gasteiger partial charge in [0.15, 0.2) is 11.6 Å². The molecule has 0 amide bonds. The van der Waals surface area contributed by atoms with Crippen LogP contribution in [-0.2, 0) is 9.59 Å². The predicted molar refractivity (Wildman–Crippen MR) is 85.5 cm³/mol. The molecule has 2 heteroatoms. The van der Waals surface area contributed by atoms with E-state index in [1.54, 1.807) is 12.2 Å². The number of carbonyl (C=O) groups excluding carboxylic acids is 2. The van der Waals surface area contributed by atoms with Crippen LogP contribution in [0.5, 0.6) is 0 Å². The van der Waals surface area contributed by atoms with Crippen LogP contribution in [0.1, 0.15) is 41.0 Å². The molecular weight excluding hydrogens is 248 g/mol. The summed E-state index contributed by atoms with van der Waals surface area (Å²) in [6.45, 7) is 9.25. The van der Waals surface area contributed by atoms with Crippen LogP contribution in [0.4, 0.5) is 0 Å². The molecule has 0 bridgehead atoms. The Morgan fingerprint density at radius 2 is 1.45 bits per heavy atom. The third-order valence-corrected chi connectivity index (χ3v) is 2.33. The summed E-state index contributed by atoms with van der Waals surface area (Å²) in [6.07, 6.45) is 13.0. The largest absolute Gasteiger partial charge is 0.295 e. The summed E-state index contributed by atoms with van der Waals surface area (Å²) in [4.78, 5) is 22.3. The van der Waals surface area contributed by atoms with Gasteiger partial charge in [0.05, 0.1) is 0 Å². The highest BCUT2D eigenvalue weighted by atomic mass is 16.1. The minimum atomic E-state index is 0.0338. The first-order valence-corrected chi connectivity index (χ1v) is 6.68. The van der Waals surface area contributed by atoms with Gasteiger partial charge in [-0.2, -0.15) is 0 Å². The zero-order valence-electron chi connectivity index (χ0n) is 13.1. The highest BCUT2D eigenvalue weighted by Gasteiger charge is 1.97. The molecule has 0 unspecified atom stereocenters. The maximum absolute atomic E-state index is 11.6. The van der Waals surface area contributed by atoms with E-state index in [2.05, 4.69) is 0 Å². The maximum Gasteiger partial charge on any atom is 0.159 e. The lowest BCUT2D eigenvalue weighted by molar-refractivity contribution is -0.114. The molecule has 0 rings (SSSR count). The molecule has 20 heavy (non-hydrogen) atoms. The monoisotopic (exact) mass is 272 g/mol. The zero-order valence-corrected chi connectivity index (χ0v) is 13.1. The van der Waals surface area contributed by atoms with Crippen molar-refractivity contribution in [3.63, 3.8) is 0 Å². The van der Waals surface area contributed by atoms with Crippen LogP contribution >= 0.6 is 0 Å². The molecule has 0 atom stereocenters. The molecule has 2 nitrogen and oxygen atoms in total. The molecule has 108 valence electrons.